The average molecular weight is 329 g/mol. The Hall–Kier alpha value is -2.13. The van der Waals surface area contributed by atoms with Crippen LogP contribution in [-0.2, 0) is 21.4 Å². The van der Waals surface area contributed by atoms with Crippen molar-refractivity contribution >= 4 is 16.9 Å². The smallest absolute Gasteiger partial charge is 0.378 e. The van der Waals surface area contributed by atoms with E-state index in [1.807, 2.05) is 6.07 Å². The summed E-state index contributed by atoms with van der Waals surface area (Å²) < 4.78 is 44.3. The third kappa shape index (κ3) is 3.02. The Morgan fingerprint density at radius 2 is 2.22 bits per heavy atom. The number of aromatic nitrogens is 2. The first-order valence-electron chi connectivity index (χ1n) is 6.92. The summed E-state index contributed by atoms with van der Waals surface area (Å²) in [5, 5.41) is 5.95. The highest BCUT2D eigenvalue weighted by Gasteiger charge is 2.44. The van der Waals surface area contributed by atoms with Crippen molar-refractivity contribution in [1.82, 2.24) is 14.8 Å². The second-order valence-electron chi connectivity index (χ2n) is 5.16. The normalized spacial score (nSPS) is 19.9. The van der Waals surface area contributed by atoms with Gasteiger partial charge < -0.3 is 9.57 Å². The number of alkyl halides is 3. The molecule has 6 nitrogen and oxygen atoms in total. The Kier molecular flexibility index (Phi) is 3.99. The predicted octanol–water partition coefficient (Wildman–Crippen LogP) is 1.97. The molecule has 1 unspecified atom stereocenters. The first kappa shape index (κ1) is 15.8. The Labute approximate surface area is 129 Å². The van der Waals surface area contributed by atoms with Crippen LogP contribution >= 0.6 is 0 Å². The summed E-state index contributed by atoms with van der Waals surface area (Å²) in [4.78, 5) is 15.7. The van der Waals surface area contributed by atoms with Gasteiger partial charge in [0.1, 0.15) is 0 Å². The van der Waals surface area contributed by atoms with Crippen molar-refractivity contribution in [2.24, 2.45) is 7.05 Å². The van der Waals surface area contributed by atoms with Crippen LogP contribution in [-0.4, -0.2) is 46.7 Å². The van der Waals surface area contributed by atoms with Gasteiger partial charge in [-0.15, -0.1) is 5.06 Å². The van der Waals surface area contributed by atoms with Crippen LogP contribution in [0.15, 0.2) is 24.4 Å². The summed E-state index contributed by atoms with van der Waals surface area (Å²) in [5.74, 6) is -2.23. The second-order valence-corrected chi connectivity index (χ2v) is 5.16. The first-order chi connectivity index (χ1) is 10.9. The molecule has 2 heterocycles. The van der Waals surface area contributed by atoms with Crippen LogP contribution in [0.1, 0.15) is 11.6 Å². The molecule has 23 heavy (non-hydrogen) atoms. The number of hydrogen-bond donors (Lipinski definition) is 0. The van der Waals surface area contributed by atoms with Gasteiger partial charge in [-0.05, 0) is 11.6 Å². The lowest BCUT2D eigenvalue weighted by molar-refractivity contribution is -0.260. The molecule has 0 N–H and O–H groups in total. The number of aryl methyl sites for hydroxylation is 1. The topological polar surface area (TPSA) is 56.6 Å². The maximum atomic E-state index is 12.4. The summed E-state index contributed by atoms with van der Waals surface area (Å²) in [6, 6.07) is 4.76. The number of morpholine rings is 1. The lowest BCUT2D eigenvalue weighted by Gasteiger charge is -2.34. The van der Waals surface area contributed by atoms with E-state index in [0.29, 0.717) is 5.56 Å². The fraction of sp³-hybridized carbons (Fsp3) is 0.429. The van der Waals surface area contributed by atoms with Crippen LogP contribution in [0.25, 0.3) is 10.9 Å². The summed E-state index contributed by atoms with van der Waals surface area (Å²) >= 11 is 0. The van der Waals surface area contributed by atoms with Crippen molar-refractivity contribution in [3.05, 3.63) is 30.0 Å². The van der Waals surface area contributed by atoms with Crippen molar-refractivity contribution in [2.75, 3.05) is 19.8 Å². The van der Waals surface area contributed by atoms with Crippen molar-refractivity contribution in [2.45, 2.75) is 12.2 Å². The third-order valence-corrected chi connectivity index (χ3v) is 3.70. The fourth-order valence-corrected chi connectivity index (χ4v) is 2.59. The van der Waals surface area contributed by atoms with Gasteiger partial charge in [0, 0.05) is 12.4 Å². The number of fused-ring (bicyclic) bond motifs is 1. The highest BCUT2D eigenvalue weighted by molar-refractivity contribution is 5.82. The number of hydroxylamine groups is 2. The molecule has 124 valence electrons. The molecule has 0 spiro atoms. The number of nitrogens with zero attached hydrogens (tertiary/aromatic N) is 3. The zero-order valence-corrected chi connectivity index (χ0v) is 12.2. The standard InChI is InChI=1S/C14H14F3N3O3/c1-19-11-4-2-3-9(10(11)7-18-19)12-8-22-6-5-20(12)23-13(21)14(15,16)17/h2-4,7,12H,5-6,8H2,1H3. The molecule has 0 bridgehead atoms. The van der Waals surface area contributed by atoms with Gasteiger partial charge in [-0.2, -0.15) is 18.3 Å². The van der Waals surface area contributed by atoms with Crippen molar-refractivity contribution < 1.29 is 27.5 Å². The van der Waals surface area contributed by atoms with E-state index in [1.54, 1.807) is 30.1 Å². The minimum Gasteiger partial charge on any atom is -0.378 e. The van der Waals surface area contributed by atoms with E-state index in [1.165, 1.54) is 0 Å². The van der Waals surface area contributed by atoms with Gasteiger partial charge >= 0.3 is 12.1 Å². The monoisotopic (exact) mass is 329 g/mol. The molecule has 0 amide bonds. The van der Waals surface area contributed by atoms with Gasteiger partial charge in [0.05, 0.1) is 37.5 Å². The summed E-state index contributed by atoms with van der Waals surface area (Å²) in [7, 11) is 1.77. The van der Waals surface area contributed by atoms with Crippen molar-refractivity contribution in [1.29, 1.82) is 0 Å². The SMILES string of the molecule is Cn1ncc2c(C3COCCN3OC(=O)C(F)(F)F)cccc21. The van der Waals surface area contributed by atoms with Gasteiger partial charge in [0.15, 0.2) is 0 Å². The van der Waals surface area contributed by atoms with Gasteiger partial charge in [0.25, 0.3) is 0 Å². The molecule has 1 aromatic carbocycles. The number of hydrogen-bond acceptors (Lipinski definition) is 5. The summed E-state index contributed by atoms with van der Waals surface area (Å²) in [6.45, 7) is 0.368. The van der Waals surface area contributed by atoms with Crippen LogP contribution < -0.4 is 0 Å². The van der Waals surface area contributed by atoms with Crippen LogP contribution in [0.3, 0.4) is 0 Å². The summed E-state index contributed by atoms with van der Waals surface area (Å²) in [5.41, 5.74) is 1.53. The number of carbonyl (C=O) groups excluding carboxylic acids is 1. The van der Waals surface area contributed by atoms with Gasteiger partial charge in [0.2, 0.25) is 0 Å². The molecule has 2 aromatic rings. The van der Waals surface area contributed by atoms with Gasteiger partial charge in [-0.3, -0.25) is 4.68 Å². The Bertz CT molecular complexity index is 729. The molecule has 1 aromatic heterocycles. The molecule has 9 heteroatoms. The lowest BCUT2D eigenvalue weighted by atomic mass is 10.0. The van der Waals surface area contributed by atoms with Crippen LogP contribution in [0.2, 0.25) is 0 Å². The van der Waals surface area contributed by atoms with Gasteiger partial charge in [-0.1, -0.05) is 12.1 Å². The molecular weight excluding hydrogens is 315 g/mol. The highest BCUT2D eigenvalue weighted by atomic mass is 19.4. The first-order valence-corrected chi connectivity index (χ1v) is 6.92. The number of ether oxygens (including phenoxy) is 1. The minimum absolute atomic E-state index is 0.0587. The van der Waals surface area contributed by atoms with E-state index in [-0.39, 0.29) is 19.8 Å². The summed E-state index contributed by atoms with van der Waals surface area (Å²) in [6.07, 6.45) is -3.41. The molecule has 0 saturated carbocycles. The maximum Gasteiger partial charge on any atom is 0.492 e. The highest BCUT2D eigenvalue weighted by Crippen LogP contribution is 2.31. The molecular formula is C14H14F3N3O3. The van der Waals surface area contributed by atoms with Gasteiger partial charge in [-0.25, -0.2) is 4.79 Å². The van der Waals surface area contributed by atoms with Crippen molar-refractivity contribution in [3.8, 4) is 0 Å². The zero-order valence-electron chi connectivity index (χ0n) is 12.2. The number of halogens is 3. The molecule has 1 aliphatic rings. The number of benzene rings is 1. The average Bonchev–Trinajstić information content (AvgIpc) is 2.89. The van der Waals surface area contributed by atoms with E-state index in [4.69, 9.17) is 4.74 Å². The maximum absolute atomic E-state index is 12.4. The predicted molar refractivity (Wildman–Crippen MR) is 73.1 cm³/mol. The Balaban J connectivity index is 1.93. The molecule has 0 aliphatic carbocycles. The van der Waals surface area contributed by atoms with Crippen molar-refractivity contribution in [3.63, 3.8) is 0 Å². The molecule has 1 aliphatic heterocycles. The molecule has 1 saturated heterocycles. The second kappa shape index (κ2) is 5.82. The third-order valence-electron chi connectivity index (χ3n) is 3.70. The van der Waals surface area contributed by atoms with Crippen LogP contribution in [0.4, 0.5) is 13.2 Å². The molecule has 1 atom stereocenters. The number of rotatable bonds is 2. The fourth-order valence-electron chi connectivity index (χ4n) is 2.59. The minimum atomic E-state index is -5.04. The lowest BCUT2D eigenvalue weighted by Crippen LogP contribution is -2.43. The largest absolute Gasteiger partial charge is 0.492 e. The van der Waals surface area contributed by atoms with Crippen LogP contribution in [0, 0.1) is 0 Å². The van der Waals surface area contributed by atoms with E-state index in [2.05, 4.69) is 9.94 Å². The van der Waals surface area contributed by atoms with Crippen LogP contribution in [0.5, 0.6) is 0 Å². The van der Waals surface area contributed by atoms with E-state index < -0.39 is 18.2 Å². The van der Waals surface area contributed by atoms with E-state index in [9.17, 15) is 18.0 Å². The molecule has 1 fully saturated rings. The molecule has 3 rings (SSSR count). The zero-order chi connectivity index (χ0) is 16.6. The Morgan fingerprint density at radius 1 is 1.43 bits per heavy atom. The van der Waals surface area contributed by atoms with E-state index in [0.717, 1.165) is 16.0 Å². The number of carbonyl (C=O) groups is 1. The quantitative estimate of drug-likeness (QED) is 0.843. The molecule has 0 radical (unpaired) electrons. The van der Waals surface area contributed by atoms with E-state index >= 15 is 0 Å². The Morgan fingerprint density at radius 3 is 2.96 bits per heavy atom.